The molecule has 2 nitrogen and oxygen atoms in total. The number of ether oxygens (including phenoxy) is 1. The van der Waals surface area contributed by atoms with E-state index in [1.807, 2.05) is 0 Å². The largest absolute Gasteiger partial charge is 0.493 e. The van der Waals surface area contributed by atoms with E-state index in [9.17, 15) is 0 Å². The zero-order chi connectivity index (χ0) is 14.0. The van der Waals surface area contributed by atoms with E-state index in [1.54, 1.807) is 0 Å². The van der Waals surface area contributed by atoms with Crippen LogP contribution in [0.3, 0.4) is 0 Å². The number of aryl methyl sites for hydroxylation is 1. The Morgan fingerprint density at radius 3 is 2.81 bits per heavy atom. The summed E-state index contributed by atoms with van der Waals surface area (Å²) in [6.07, 6.45) is 7.91. The number of fused-ring (bicyclic) bond motifs is 6. The average Bonchev–Trinajstić information content (AvgIpc) is 2.87. The van der Waals surface area contributed by atoms with E-state index < -0.39 is 0 Å². The van der Waals surface area contributed by atoms with Gasteiger partial charge in [0.25, 0.3) is 0 Å². The summed E-state index contributed by atoms with van der Waals surface area (Å²) in [7, 11) is 0. The quantitative estimate of drug-likeness (QED) is 0.921. The molecule has 0 radical (unpaired) electrons. The first-order chi connectivity index (χ1) is 10.3. The van der Waals surface area contributed by atoms with Crippen LogP contribution in [0, 0.1) is 29.6 Å². The van der Waals surface area contributed by atoms with Crippen molar-refractivity contribution in [1.29, 1.82) is 0 Å². The molecule has 3 aliphatic carbocycles. The van der Waals surface area contributed by atoms with Gasteiger partial charge in [0.1, 0.15) is 5.75 Å². The minimum Gasteiger partial charge on any atom is -0.493 e. The summed E-state index contributed by atoms with van der Waals surface area (Å²) in [5.41, 5.74) is 9.40. The Hall–Kier alpha value is -1.02. The molecule has 0 saturated heterocycles. The second kappa shape index (κ2) is 4.49. The Kier molecular flexibility index (Phi) is 2.67. The average molecular weight is 283 g/mol. The maximum absolute atomic E-state index is 6.56. The van der Waals surface area contributed by atoms with Gasteiger partial charge >= 0.3 is 0 Å². The van der Waals surface area contributed by atoms with E-state index in [1.165, 1.54) is 30.4 Å². The van der Waals surface area contributed by atoms with Crippen molar-refractivity contribution in [2.45, 2.75) is 44.6 Å². The molecule has 0 amide bonds. The Morgan fingerprint density at radius 1 is 1.19 bits per heavy atom. The molecule has 0 aromatic heterocycles. The molecule has 0 spiro atoms. The van der Waals surface area contributed by atoms with Crippen LogP contribution in [0.1, 0.15) is 36.8 Å². The number of hydrogen-bond acceptors (Lipinski definition) is 2. The summed E-state index contributed by atoms with van der Waals surface area (Å²) >= 11 is 0. The van der Waals surface area contributed by atoms with Crippen molar-refractivity contribution in [3.8, 4) is 5.75 Å². The molecule has 5 atom stereocenters. The maximum atomic E-state index is 6.56. The first-order valence-electron chi connectivity index (χ1n) is 8.81. The highest BCUT2D eigenvalue weighted by Crippen LogP contribution is 2.70. The minimum atomic E-state index is 0.438. The first-order valence-corrected chi connectivity index (χ1v) is 8.81. The summed E-state index contributed by atoms with van der Waals surface area (Å²) in [6, 6.07) is 7.16. The molecule has 21 heavy (non-hydrogen) atoms. The second-order valence-corrected chi connectivity index (χ2v) is 7.81. The van der Waals surface area contributed by atoms with Crippen LogP contribution in [0.2, 0.25) is 0 Å². The summed E-state index contributed by atoms with van der Waals surface area (Å²) in [5, 5.41) is 0. The van der Waals surface area contributed by atoms with Gasteiger partial charge in [-0.15, -0.1) is 0 Å². The van der Waals surface area contributed by atoms with Crippen LogP contribution in [0.4, 0.5) is 0 Å². The van der Waals surface area contributed by atoms with E-state index in [2.05, 4.69) is 18.2 Å². The van der Waals surface area contributed by atoms with Gasteiger partial charge in [0.15, 0.2) is 0 Å². The molecular formula is C19H25NO. The zero-order valence-corrected chi connectivity index (χ0v) is 12.6. The summed E-state index contributed by atoms with van der Waals surface area (Å²) in [6.45, 7) is 0.854. The normalized spacial score (nSPS) is 39.8. The molecule has 5 unspecified atom stereocenters. The predicted octanol–water partition coefficient (Wildman–Crippen LogP) is 3.17. The smallest absolute Gasteiger partial charge is 0.122 e. The lowest BCUT2D eigenvalue weighted by Crippen LogP contribution is -2.26. The molecule has 2 heteroatoms. The van der Waals surface area contributed by atoms with Crippen LogP contribution in [-0.4, -0.2) is 12.6 Å². The summed E-state index contributed by atoms with van der Waals surface area (Å²) < 4.78 is 5.58. The van der Waals surface area contributed by atoms with Crippen LogP contribution >= 0.6 is 0 Å². The lowest BCUT2D eigenvalue weighted by atomic mass is 9.94. The van der Waals surface area contributed by atoms with Gasteiger partial charge in [-0.2, -0.15) is 0 Å². The molecule has 3 saturated carbocycles. The van der Waals surface area contributed by atoms with Gasteiger partial charge in [0.05, 0.1) is 6.61 Å². The van der Waals surface area contributed by atoms with Crippen LogP contribution in [0.25, 0.3) is 0 Å². The zero-order valence-electron chi connectivity index (χ0n) is 12.6. The Labute approximate surface area is 127 Å². The van der Waals surface area contributed by atoms with Crippen molar-refractivity contribution >= 4 is 0 Å². The van der Waals surface area contributed by atoms with Crippen LogP contribution < -0.4 is 10.5 Å². The van der Waals surface area contributed by atoms with Crippen LogP contribution in [-0.2, 0) is 12.8 Å². The molecule has 5 rings (SSSR count). The first kappa shape index (κ1) is 12.5. The Balaban J connectivity index is 1.21. The lowest BCUT2D eigenvalue weighted by Gasteiger charge is -2.16. The van der Waals surface area contributed by atoms with Crippen molar-refractivity contribution in [3.63, 3.8) is 0 Å². The third-order valence-corrected chi connectivity index (χ3v) is 6.81. The van der Waals surface area contributed by atoms with Crippen LogP contribution in [0.5, 0.6) is 5.75 Å². The van der Waals surface area contributed by atoms with E-state index in [4.69, 9.17) is 10.5 Å². The molecule has 4 aliphatic rings. The molecule has 1 aromatic carbocycles. The SMILES string of the molecule is NC(CCc1ccc2c(c1)CCO2)C1C2C3CCC(C3)C12. The van der Waals surface area contributed by atoms with Gasteiger partial charge in [-0.05, 0) is 78.9 Å². The number of rotatable bonds is 4. The Morgan fingerprint density at radius 2 is 2.00 bits per heavy atom. The number of hydrogen-bond donors (Lipinski definition) is 1. The highest BCUT2D eigenvalue weighted by atomic mass is 16.5. The second-order valence-electron chi connectivity index (χ2n) is 7.81. The number of benzene rings is 1. The molecular weight excluding hydrogens is 258 g/mol. The van der Waals surface area contributed by atoms with Crippen molar-refractivity contribution in [2.24, 2.45) is 35.3 Å². The van der Waals surface area contributed by atoms with Gasteiger partial charge in [-0.1, -0.05) is 12.1 Å². The minimum absolute atomic E-state index is 0.438. The third-order valence-electron chi connectivity index (χ3n) is 6.81. The molecule has 1 aliphatic heterocycles. The summed E-state index contributed by atoms with van der Waals surface area (Å²) in [5.74, 6) is 6.10. The van der Waals surface area contributed by atoms with E-state index >= 15 is 0 Å². The van der Waals surface area contributed by atoms with Gasteiger partial charge in [-0.25, -0.2) is 0 Å². The van der Waals surface area contributed by atoms with Gasteiger partial charge < -0.3 is 10.5 Å². The highest BCUT2D eigenvalue weighted by Gasteiger charge is 2.65. The maximum Gasteiger partial charge on any atom is 0.122 e. The lowest BCUT2D eigenvalue weighted by molar-refractivity contribution is 0.357. The van der Waals surface area contributed by atoms with Gasteiger partial charge in [-0.3, -0.25) is 0 Å². The third kappa shape index (κ3) is 1.88. The van der Waals surface area contributed by atoms with Crippen molar-refractivity contribution in [3.05, 3.63) is 29.3 Å². The van der Waals surface area contributed by atoms with Gasteiger partial charge in [0.2, 0.25) is 0 Å². The van der Waals surface area contributed by atoms with Gasteiger partial charge in [0, 0.05) is 12.5 Å². The van der Waals surface area contributed by atoms with Crippen molar-refractivity contribution < 1.29 is 4.74 Å². The van der Waals surface area contributed by atoms with E-state index in [0.29, 0.717) is 6.04 Å². The van der Waals surface area contributed by atoms with Crippen molar-refractivity contribution in [1.82, 2.24) is 0 Å². The fraction of sp³-hybridized carbons (Fsp3) is 0.684. The molecule has 1 aromatic rings. The fourth-order valence-electron chi connectivity index (χ4n) is 5.89. The fourth-order valence-corrected chi connectivity index (χ4v) is 5.89. The monoisotopic (exact) mass is 283 g/mol. The Bertz CT molecular complexity index is 553. The van der Waals surface area contributed by atoms with E-state index in [-0.39, 0.29) is 0 Å². The number of nitrogens with two attached hydrogens (primary N) is 1. The molecule has 2 bridgehead atoms. The van der Waals surface area contributed by atoms with E-state index in [0.717, 1.165) is 61.2 Å². The molecule has 3 fully saturated rings. The predicted molar refractivity (Wildman–Crippen MR) is 83.2 cm³/mol. The summed E-state index contributed by atoms with van der Waals surface area (Å²) in [4.78, 5) is 0. The molecule has 1 heterocycles. The highest BCUT2D eigenvalue weighted by molar-refractivity contribution is 5.39. The van der Waals surface area contributed by atoms with Crippen LogP contribution in [0.15, 0.2) is 18.2 Å². The standard InChI is InChI=1S/C19H25NO/c20-15(19-17-13-3-4-14(10-13)18(17)19)5-1-11-2-6-16-12(9-11)7-8-21-16/h2,6,9,13-15,17-19H,1,3-5,7-8,10,20H2. The molecule has 2 N–H and O–H groups in total. The van der Waals surface area contributed by atoms with Crippen molar-refractivity contribution in [2.75, 3.05) is 6.61 Å². The molecule has 112 valence electrons. The topological polar surface area (TPSA) is 35.2 Å².